The highest BCUT2D eigenvalue weighted by molar-refractivity contribution is 5.87. The lowest BCUT2D eigenvalue weighted by Gasteiger charge is -2.27. The Balaban J connectivity index is 0.00000208. The van der Waals surface area contributed by atoms with E-state index in [9.17, 15) is 9.90 Å². The van der Waals surface area contributed by atoms with Gasteiger partial charge >= 0.3 is 6.03 Å². The molecule has 0 bridgehead atoms. The van der Waals surface area contributed by atoms with Gasteiger partial charge in [0.2, 0.25) is 5.95 Å². The van der Waals surface area contributed by atoms with Gasteiger partial charge in [-0.1, -0.05) is 6.07 Å². The van der Waals surface area contributed by atoms with Crippen LogP contribution >= 0.6 is 12.4 Å². The number of nitrogens with zero attached hydrogens (tertiary/aromatic N) is 3. The molecule has 0 aliphatic carbocycles. The zero-order valence-corrected chi connectivity index (χ0v) is 13.7. The number of amides is 2. The first kappa shape index (κ1) is 17.8. The SMILES string of the molecule is Cl.O=C(Nc1nccc(Nc2cccc(O)c2)n1)N1CCNCC1. The third-order valence-electron chi connectivity index (χ3n) is 3.40. The highest BCUT2D eigenvalue weighted by Gasteiger charge is 2.16. The molecule has 9 heteroatoms. The number of carbonyl (C=O) groups excluding carboxylic acids is 1. The molecular formula is C15H19ClN6O2. The lowest BCUT2D eigenvalue weighted by atomic mass is 10.3. The fourth-order valence-electron chi connectivity index (χ4n) is 2.26. The van der Waals surface area contributed by atoms with E-state index in [1.165, 1.54) is 0 Å². The molecule has 1 aromatic carbocycles. The van der Waals surface area contributed by atoms with Gasteiger partial charge in [0.1, 0.15) is 11.6 Å². The van der Waals surface area contributed by atoms with Crippen LogP contribution < -0.4 is 16.0 Å². The number of hydrogen-bond donors (Lipinski definition) is 4. The van der Waals surface area contributed by atoms with Crippen molar-refractivity contribution >= 4 is 35.9 Å². The molecule has 8 nitrogen and oxygen atoms in total. The lowest BCUT2D eigenvalue weighted by Crippen LogP contribution is -2.48. The van der Waals surface area contributed by atoms with Gasteiger partial charge in [-0.15, -0.1) is 12.4 Å². The molecule has 3 rings (SSSR count). The van der Waals surface area contributed by atoms with E-state index in [1.807, 2.05) is 0 Å². The van der Waals surface area contributed by atoms with E-state index in [0.717, 1.165) is 13.1 Å². The van der Waals surface area contributed by atoms with Gasteiger partial charge < -0.3 is 20.6 Å². The number of nitrogens with one attached hydrogen (secondary N) is 3. The number of aromatic nitrogens is 2. The summed E-state index contributed by atoms with van der Waals surface area (Å²) in [6.07, 6.45) is 1.56. The fraction of sp³-hybridized carbons (Fsp3) is 0.267. The molecule has 1 fully saturated rings. The van der Waals surface area contributed by atoms with Gasteiger partial charge in [-0.05, 0) is 18.2 Å². The monoisotopic (exact) mass is 350 g/mol. The number of benzene rings is 1. The Labute approximate surface area is 145 Å². The summed E-state index contributed by atoms with van der Waals surface area (Å²) >= 11 is 0. The van der Waals surface area contributed by atoms with Crippen LogP contribution in [0.3, 0.4) is 0 Å². The third-order valence-corrected chi connectivity index (χ3v) is 3.40. The van der Waals surface area contributed by atoms with Crippen LogP contribution in [-0.2, 0) is 0 Å². The number of piperazine rings is 1. The molecule has 4 N–H and O–H groups in total. The molecule has 1 saturated heterocycles. The molecule has 2 amide bonds. The van der Waals surface area contributed by atoms with Crippen LogP contribution in [0.1, 0.15) is 0 Å². The Morgan fingerprint density at radius 1 is 1.25 bits per heavy atom. The highest BCUT2D eigenvalue weighted by atomic mass is 35.5. The van der Waals surface area contributed by atoms with Crippen molar-refractivity contribution in [1.82, 2.24) is 20.2 Å². The normalized spacial score (nSPS) is 13.8. The minimum absolute atomic E-state index is 0. The highest BCUT2D eigenvalue weighted by Crippen LogP contribution is 2.19. The van der Waals surface area contributed by atoms with Crippen molar-refractivity contribution in [2.75, 3.05) is 36.8 Å². The molecule has 0 spiro atoms. The molecule has 0 atom stereocenters. The second-order valence-corrected chi connectivity index (χ2v) is 5.11. The van der Waals surface area contributed by atoms with E-state index in [4.69, 9.17) is 0 Å². The minimum Gasteiger partial charge on any atom is -0.508 e. The summed E-state index contributed by atoms with van der Waals surface area (Å²) in [6, 6.07) is 8.18. The summed E-state index contributed by atoms with van der Waals surface area (Å²) in [5.41, 5.74) is 0.697. The Bertz CT molecular complexity index is 693. The van der Waals surface area contributed by atoms with Crippen molar-refractivity contribution in [2.45, 2.75) is 0 Å². The van der Waals surface area contributed by atoms with Gasteiger partial charge in [-0.3, -0.25) is 5.32 Å². The number of hydrogen-bond acceptors (Lipinski definition) is 6. The van der Waals surface area contributed by atoms with E-state index in [2.05, 4.69) is 25.9 Å². The Morgan fingerprint density at radius 3 is 2.79 bits per heavy atom. The van der Waals surface area contributed by atoms with Gasteiger partial charge in [0.15, 0.2) is 0 Å². The average Bonchev–Trinajstić information content (AvgIpc) is 2.56. The predicted octanol–water partition coefficient (Wildman–Crippen LogP) is 1.78. The second kappa shape index (κ2) is 8.32. The van der Waals surface area contributed by atoms with Crippen molar-refractivity contribution in [1.29, 1.82) is 0 Å². The zero-order valence-electron chi connectivity index (χ0n) is 12.9. The molecular weight excluding hydrogens is 332 g/mol. The first-order valence-electron chi connectivity index (χ1n) is 7.36. The number of rotatable bonds is 3. The first-order valence-corrected chi connectivity index (χ1v) is 7.36. The van der Waals surface area contributed by atoms with E-state index in [0.29, 0.717) is 24.6 Å². The Hall–Kier alpha value is -2.58. The van der Waals surface area contributed by atoms with Crippen LogP contribution in [0.4, 0.5) is 22.2 Å². The number of phenolic OH excluding ortho intramolecular Hbond substituents is 1. The topological polar surface area (TPSA) is 102 Å². The van der Waals surface area contributed by atoms with Gasteiger partial charge in [0, 0.05) is 44.1 Å². The first-order chi connectivity index (χ1) is 11.2. The van der Waals surface area contributed by atoms with Gasteiger partial charge in [0.25, 0.3) is 0 Å². The summed E-state index contributed by atoms with van der Waals surface area (Å²) in [5, 5.41) is 18.4. The molecule has 2 heterocycles. The average molecular weight is 351 g/mol. The van der Waals surface area contributed by atoms with Crippen LogP contribution in [0, 0.1) is 0 Å². The van der Waals surface area contributed by atoms with Gasteiger partial charge in [-0.25, -0.2) is 9.78 Å². The van der Waals surface area contributed by atoms with Gasteiger partial charge in [-0.2, -0.15) is 4.98 Å². The zero-order chi connectivity index (χ0) is 16.1. The second-order valence-electron chi connectivity index (χ2n) is 5.11. The number of urea groups is 1. The van der Waals surface area contributed by atoms with Crippen molar-refractivity contribution in [3.8, 4) is 5.75 Å². The summed E-state index contributed by atoms with van der Waals surface area (Å²) < 4.78 is 0. The minimum atomic E-state index is -0.207. The molecule has 128 valence electrons. The molecule has 0 saturated carbocycles. The smallest absolute Gasteiger partial charge is 0.324 e. The molecule has 1 aliphatic heterocycles. The van der Waals surface area contributed by atoms with Crippen LogP contribution in [0.5, 0.6) is 5.75 Å². The summed E-state index contributed by atoms with van der Waals surface area (Å²) in [4.78, 5) is 22.2. The van der Waals surface area contributed by atoms with E-state index in [-0.39, 0.29) is 30.1 Å². The molecule has 0 radical (unpaired) electrons. The number of halogens is 1. The van der Waals surface area contributed by atoms with E-state index < -0.39 is 0 Å². The molecule has 1 aromatic heterocycles. The van der Waals surface area contributed by atoms with E-state index in [1.54, 1.807) is 41.4 Å². The van der Waals surface area contributed by atoms with Crippen molar-refractivity contribution in [3.63, 3.8) is 0 Å². The number of aromatic hydroxyl groups is 1. The van der Waals surface area contributed by atoms with E-state index >= 15 is 0 Å². The largest absolute Gasteiger partial charge is 0.508 e. The molecule has 2 aromatic rings. The summed E-state index contributed by atoms with van der Waals surface area (Å²) in [6.45, 7) is 2.89. The summed E-state index contributed by atoms with van der Waals surface area (Å²) in [5.74, 6) is 0.927. The van der Waals surface area contributed by atoms with Crippen molar-refractivity contribution in [2.24, 2.45) is 0 Å². The quantitative estimate of drug-likeness (QED) is 0.673. The van der Waals surface area contributed by atoms with Crippen LogP contribution in [-0.4, -0.2) is 52.2 Å². The van der Waals surface area contributed by atoms with Crippen molar-refractivity contribution in [3.05, 3.63) is 36.5 Å². The summed E-state index contributed by atoms with van der Waals surface area (Å²) in [7, 11) is 0. The molecule has 24 heavy (non-hydrogen) atoms. The maximum absolute atomic E-state index is 12.1. The lowest BCUT2D eigenvalue weighted by molar-refractivity contribution is 0.203. The van der Waals surface area contributed by atoms with Crippen LogP contribution in [0.25, 0.3) is 0 Å². The molecule has 0 unspecified atom stereocenters. The number of phenols is 1. The van der Waals surface area contributed by atoms with Crippen molar-refractivity contribution < 1.29 is 9.90 Å². The maximum Gasteiger partial charge on any atom is 0.324 e. The van der Waals surface area contributed by atoms with Crippen LogP contribution in [0.2, 0.25) is 0 Å². The fourth-order valence-corrected chi connectivity index (χ4v) is 2.26. The Morgan fingerprint density at radius 2 is 2.04 bits per heavy atom. The predicted molar refractivity (Wildman–Crippen MR) is 94.1 cm³/mol. The Kier molecular flexibility index (Phi) is 6.16. The standard InChI is InChI=1S/C15H18N6O2.ClH/c22-12-3-1-2-11(10-12)18-13-4-5-17-14(19-13)20-15(23)21-8-6-16-7-9-21;/h1-5,10,16,22H,6-9H2,(H2,17,18,19,20,23);1H. The number of anilines is 3. The third kappa shape index (κ3) is 4.71. The number of carbonyl (C=O) groups is 1. The van der Waals surface area contributed by atoms with Crippen LogP contribution in [0.15, 0.2) is 36.5 Å². The maximum atomic E-state index is 12.1. The van der Waals surface area contributed by atoms with Gasteiger partial charge in [0.05, 0.1) is 0 Å². The molecule has 1 aliphatic rings.